The van der Waals surface area contributed by atoms with Crippen molar-refractivity contribution in [3.05, 3.63) is 24.3 Å². The number of aliphatic hydroxyl groups excluding tert-OH is 1. The van der Waals surface area contributed by atoms with E-state index in [9.17, 15) is 0 Å². The van der Waals surface area contributed by atoms with Gasteiger partial charge in [-0.25, -0.2) is 0 Å². The first-order valence-corrected chi connectivity index (χ1v) is 4.98. The second-order valence-electron chi connectivity index (χ2n) is 3.43. The Morgan fingerprint density at radius 2 is 2.07 bits per heavy atom. The number of nitrogens with one attached hydrogen (secondary N) is 1. The normalized spacial score (nSPS) is 12.4. The number of nitrogens with two attached hydrogens (primary N) is 1. The number of benzene rings is 1. The first-order chi connectivity index (χ1) is 7.26. The minimum atomic E-state index is 0.128. The Bertz CT molecular complexity index is 268. The maximum Gasteiger partial charge on any atom is 0.0664 e. The Morgan fingerprint density at radius 1 is 1.40 bits per heavy atom. The maximum atomic E-state index is 8.87. The lowest BCUT2D eigenvalue weighted by Gasteiger charge is -2.18. The van der Waals surface area contributed by atoms with Gasteiger partial charge in [0, 0.05) is 25.1 Å². The summed E-state index contributed by atoms with van der Waals surface area (Å²) in [4.78, 5) is 0. The zero-order chi connectivity index (χ0) is 11.1. The van der Waals surface area contributed by atoms with E-state index in [1.165, 1.54) is 0 Å². The second kappa shape index (κ2) is 6.27. The fourth-order valence-electron chi connectivity index (χ4n) is 1.37. The van der Waals surface area contributed by atoms with E-state index in [0.717, 1.165) is 11.4 Å². The third kappa shape index (κ3) is 4.18. The van der Waals surface area contributed by atoms with Gasteiger partial charge < -0.3 is 20.9 Å². The van der Waals surface area contributed by atoms with Crippen molar-refractivity contribution in [3.63, 3.8) is 0 Å². The van der Waals surface area contributed by atoms with Crippen LogP contribution in [0.2, 0.25) is 0 Å². The van der Waals surface area contributed by atoms with Crippen LogP contribution in [-0.2, 0) is 4.74 Å². The lowest BCUT2D eigenvalue weighted by molar-refractivity contribution is 0.170. The number of nitrogen functional groups attached to an aromatic ring is 1. The predicted molar refractivity (Wildman–Crippen MR) is 61.8 cm³/mol. The first-order valence-electron chi connectivity index (χ1n) is 4.98. The van der Waals surface area contributed by atoms with Crippen LogP contribution in [0.5, 0.6) is 0 Å². The summed E-state index contributed by atoms with van der Waals surface area (Å²) >= 11 is 0. The highest BCUT2D eigenvalue weighted by Crippen LogP contribution is 2.12. The molecule has 0 saturated carbocycles. The molecule has 0 radical (unpaired) electrons. The molecule has 4 nitrogen and oxygen atoms in total. The zero-order valence-corrected chi connectivity index (χ0v) is 8.94. The maximum absolute atomic E-state index is 8.87. The van der Waals surface area contributed by atoms with Crippen molar-refractivity contribution in [2.24, 2.45) is 0 Å². The number of methoxy groups -OCH3 is 1. The van der Waals surface area contributed by atoms with Crippen LogP contribution in [0.25, 0.3) is 0 Å². The summed E-state index contributed by atoms with van der Waals surface area (Å²) in [6.07, 6.45) is 0.665. The van der Waals surface area contributed by atoms with Gasteiger partial charge in [-0.15, -0.1) is 0 Å². The molecule has 0 fully saturated rings. The molecule has 1 unspecified atom stereocenters. The van der Waals surface area contributed by atoms with Crippen LogP contribution >= 0.6 is 0 Å². The topological polar surface area (TPSA) is 67.5 Å². The van der Waals surface area contributed by atoms with Crippen LogP contribution in [-0.4, -0.2) is 31.5 Å². The Hall–Kier alpha value is -1.26. The molecular formula is C11H18N2O2. The number of hydrogen-bond donors (Lipinski definition) is 3. The number of rotatable bonds is 6. The molecule has 1 aromatic carbocycles. The van der Waals surface area contributed by atoms with Gasteiger partial charge in [0.05, 0.1) is 12.6 Å². The van der Waals surface area contributed by atoms with E-state index >= 15 is 0 Å². The lowest BCUT2D eigenvalue weighted by atomic mass is 10.2. The van der Waals surface area contributed by atoms with Gasteiger partial charge in [-0.1, -0.05) is 0 Å². The minimum Gasteiger partial charge on any atom is -0.399 e. The van der Waals surface area contributed by atoms with E-state index in [2.05, 4.69) is 5.32 Å². The van der Waals surface area contributed by atoms with Gasteiger partial charge >= 0.3 is 0 Å². The number of aliphatic hydroxyl groups is 1. The molecule has 0 amide bonds. The van der Waals surface area contributed by atoms with Gasteiger partial charge in [0.25, 0.3) is 0 Å². The molecule has 1 atom stereocenters. The minimum absolute atomic E-state index is 0.128. The molecule has 4 N–H and O–H groups in total. The van der Waals surface area contributed by atoms with E-state index in [1.54, 1.807) is 7.11 Å². The van der Waals surface area contributed by atoms with Crippen LogP contribution in [0.3, 0.4) is 0 Å². The molecule has 0 aliphatic carbocycles. The van der Waals surface area contributed by atoms with Gasteiger partial charge in [0.1, 0.15) is 0 Å². The Morgan fingerprint density at radius 3 is 2.60 bits per heavy atom. The summed E-state index contributed by atoms with van der Waals surface area (Å²) < 4.78 is 5.05. The van der Waals surface area contributed by atoms with E-state index in [4.69, 9.17) is 15.6 Å². The van der Waals surface area contributed by atoms with Gasteiger partial charge in [0.15, 0.2) is 0 Å². The van der Waals surface area contributed by atoms with E-state index in [1.807, 2.05) is 24.3 Å². The smallest absolute Gasteiger partial charge is 0.0664 e. The quantitative estimate of drug-likeness (QED) is 0.615. The van der Waals surface area contributed by atoms with Gasteiger partial charge in [-0.2, -0.15) is 0 Å². The van der Waals surface area contributed by atoms with Gasteiger partial charge in [0.2, 0.25) is 0 Å². The molecule has 0 aromatic heterocycles. The van der Waals surface area contributed by atoms with Crippen molar-refractivity contribution >= 4 is 11.4 Å². The summed E-state index contributed by atoms with van der Waals surface area (Å²) in [5.74, 6) is 0. The summed E-state index contributed by atoms with van der Waals surface area (Å²) in [5, 5.41) is 12.1. The molecule has 0 spiro atoms. The van der Waals surface area contributed by atoms with Crippen molar-refractivity contribution in [2.75, 3.05) is 31.4 Å². The van der Waals surface area contributed by atoms with Crippen LogP contribution in [0.1, 0.15) is 6.42 Å². The van der Waals surface area contributed by atoms with E-state index in [0.29, 0.717) is 13.0 Å². The standard InChI is InChI=1S/C11H18N2O2/c1-15-8-11(6-7-14)13-10-4-2-9(12)3-5-10/h2-5,11,13-14H,6-8,12H2,1H3. The molecule has 0 bridgehead atoms. The Labute approximate surface area is 90.1 Å². The molecule has 15 heavy (non-hydrogen) atoms. The molecule has 0 saturated heterocycles. The third-order valence-electron chi connectivity index (χ3n) is 2.13. The van der Waals surface area contributed by atoms with Gasteiger partial charge in [-0.05, 0) is 30.7 Å². The first kappa shape index (κ1) is 11.8. The molecule has 0 aliphatic rings. The largest absolute Gasteiger partial charge is 0.399 e. The molecule has 4 heteroatoms. The highest BCUT2D eigenvalue weighted by molar-refractivity contribution is 5.51. The van der Waals surface area contributed by atoms with Crippen LogP contribution in [0.15, 0.2) is 24.3 Å². The molecular weight excluding hydrogens is 192 g/mol. The van der Waals surface area contributed by atoms with Crippen molar-refractivity contribution in [1.29, 1.82) is 0 Å². The monoisotopic (exact) mass is 210 g/mol. The second-order valence-corrected chi connectivity index (χ2v) is 3.43. The fraction of sp³-hybridized carbons (Fsp3) is 0.455. The molecule has 0 aliphatic heterocycles. The molecule has 0 heterocycles. The van der Waals surface area contributed by atoms with Crippen molar-refractivity contribution < 1.29 is 9.84 Å². The summed E-state index contributed by atoms with van der Waals surface area (Å²) in [6, 6.07) is 7.63. The van der Waals surface area contributed by atoms with Crippen molar-refractivity contribution in [3.8, 4) is 0 Å². The van der Waals surface area contributed by atoms with Crippen LogP contribution < -0.4 is 11.1 Å². The summed E-state index contributed by atoms with van der Waals surface area (Å²) in [7, 11) is 1.65. The molecule has 84 valence electrons. The van der Waals surface area contributed by atoms with Crippen molar-refractivity contribution in [1.82, 2.24) is 0 Å². The highest BCUT2D eigenvalue weighted by atomic mass is 16.5. The number of anilines is 2. The molecule has 1 aromatic rings. The van der Waals surface area contributed by atoms with Crippen LogP contribution in [0.4, 0.5) is 11.4 Å². The van der Waals surface area contributed by atoms with E-state index < -0.39 is 0 Å². The van der Waals surface area contributed by atoms with E-state index in [-0.39, 0.29) is 12.6 Å². The van der Waals surface area contributed by atoms with Gasteiger partial charge in [-0.3, -0.25) is 0 Å². The SMILES string of the molecule is COCC(CCO)Nc1ccc(N)cc1. The predicted octanol–water partition coefficient (Wildman–Crippen LogP) is 1.08. The number of ether oxygens (including phenoxy) is 1. The fourth-order valence-corrected chi connectivity index (χ4v) is 1.37. The Kier molecular flexibility index (Phi) is 4.93. The van der Waals surface area contributed by atoms with Crippen LogP contribution in [0, 0.1) is 0 Å². The summed E-state index contributed by atoms with van der Waals surface area (Å²) in [5.41, 5.74) is 7.31. The zero-order valence-electron chi connectivity index (χ0n) is 8.94. The molecule has 1 rings (SSSR count). The lowest BCUT2D eigenvalue weighted by Crippen LogP contribution is -2.26. The summed E-state index contributed by atoms with van der Waals surface area (Å²) in [6.45, 7) is 0.723. The number of hydrogen-bond acceptors (Lipinski definition) is 4. The Balaban J connectivity index is 2.53. The third-order valence-corrected chi connectivity index (χ3v) is 2.13. The highest BCUT2D eigenvalue weighted by Gasteiger charge is 2.06. The van der Waals surface area contributed by atoms with Crippen molar-refractivity contribution in [2.45, 2.75) is 12.5 Å². The average Bonchev–Trinajstić information content (AvgIpc) is 2.22. The average molecular weight is 210 g/mol.